The molecule has 2 heterocycles. The molecule has 3 aromatic carbocycles. The Morgan fingerprint density at radius 3 is 2.58 bits per heavy atom. The van der Waals surface area contributed by atoms with E-state index in [-0.39, 0.29) is 29.0 Å². The summed E-state index contributed by atoms with van der Waals surface area (Å²) >= 11 is 0. The van der Waals surface area contributed by atoms with Crippen molar-refractivity contribution < 1.29 is 27.9 Å². The third kappa shape index (κ3) is 4.82. The second kappa shape index (κ2) is 10.6. The first kappa shape index (κ1) is 25.0. The minimum Gasteiger partial charge on any atom is -0.452 e. The number of likely N-dealkylation sites (tertiary alicyclic amines) is 1. The molecular formula is C27H27F2N3O4. The van der Waals surface area contributed by atoms with E-state index in [0.29, 0.717) is 36.0 Å². The summed E-state index contributed by atoms with van der Waals surface area (Å²) in [6.07, 6.45) is 0.297. The van der Waals surface area contributed by atoms with Gasteiger partial charge in [0.15, 0.2) is 17.2 Å². The number of hydrogen-bond donors (Lipinski definition) is 2. The minimum absolute atomic E-state index is 0.000585. The van der Waals surface area contributed by atoms with Crippen molar-refractivity contribution in [2.75, 3.05) is 6.54 Å². The van der Waals surface area contributed by atoms with Crippen LogP contribution in [-0.4, -0.2) is 35.0 Å². The van der Waals surface area contributed by atoms with Crippen LogP contribution in [0.1, 0.15) is 42.9 Å². The van der Waals surface area contributed by atoms with Gasteiger partial charge in [-0.25, -0.2) is 0 Å². The molecule has 0 aliphatic carbocycles. The van der Waals surface area contributed by atoms with Gasteiger partial charge in [-0.2, -0.15) is 8.78 Å². The first-order chi connectivity index (χ1) is 17.4. The Morgan fingerprint density at radius 1 is 1.17 bits per heavy atom. The fourth-order valence-electron chi connectivity index (χ4n) is 4.55. The third-order valence-corrected chi connectivity index (χ3v) is 6.12. The van der Waals surface area contributed by atoms with Crippen LogP contribution in [0.25, 0.3) is 21.9 Å². The number of hydrogen-bond acceptors (Lipinski definition) is 5. The molecule has 1 atom stereocenters. The second-order valence-electron chi connectivity index (χ2n) is 8.19. The molecule has 0 saturated carbocycles. The van der Waals surface area contributed by atoms with E-state index in [1.807, 2.05) is 44.2 Å². The number of carbonyl (C=O) groups is 1. The molecule has 1 aromatic heterocycles. The Morgan fingerprint density at radius 2 is 1.89 bits per heavy atom. The maximum atomic E-state index is 13.0. The smallest absolute Gasteiger partial charge is 0.387 e. The molecule has 3 N–H and O–H groups in total. The first-order valence-electron chi connectivity index (χ1n) is 11.7. The summed E-state index contributed by atoms with van der Waals surface area (Å²) in [6.45, 7) is 1.91. The summed E-state index contributed by atoms with van der Waals surface area (Å²) < 4.78 is 36.5. The molecule has 1 unspecified atom stereocenters. The Balaban J connectivity index is 0.00000148. The van der Waals surface area contributed by atoms with E-state index >= 15 is 0 Å². The van der Waals surface area contributed by atoms with E-state index in [0.717, 1.165) is 16.5 Å². The molecular weight excluding hydrogens is 468 g/mol. The van der Waals surface area contributed by atoms with E-state index < -0.39 is 6.61 Å². The number of alkyl halides is 2. The standard InChI is InChI=1S/C25H21F2N3O4.C2H6/c26-25(27)34-20-10-9-17(22-18-3-1-2-4-19(18)33-23(20)22)16-11-21(31)30(13-16)12-14-5-7-15(8-6-14)24(28)29-32;1-2/h1-10,16,25,32H,11-13H2,(H2,28,29);1-2H3. The summed E-state index contributed by atoms with van der Waals surface area (Å²) in [5.74, 6) is -0.149. The molecule has 1 aliphatic rings. The molecule has 0 spiro atoms. The molecule has 188 valence electrons. The minimum atomic E-state index is -2.98. The zero-order chi connectivity index (χ0) is 25.8. The van der Waals surface area contributed by atoms with E-state index in [1.54, 1.807) is 29.2 Å². The number of furan rings is 1. The Kier molecular flexibility index (Phi) is 7.38. The first-order valence-corrected chi connectivity index (χ1v) is 11.7. The number of ether oxygens (including phenoxy) is 1. The zero-order valence-electron chi connectivity index (χ0n) is 19.9. The van der Waals surface area contributed by atoms with Crippen LogP contribution in [0.3, 0.4) is 0 Å². The largest absolute Gasteiger partial charge is 0.452 e. The van der Waals surface area contributed by atoms with Crippen LogP contribution in [0, 0.1) is 0 Å². The summed E-state index contributed by atoms with van der Waals surface area (Å²) in [7, 11) is 0. The lowest BCUT2D eigenvalue weighted by molar-refractivity contribution is -0.128. The van der Waals surface area contributed by atoms with Gasteiger partial charge in [0.1, 0.15) is 5.58 Å². The molecule has 36 heavy (non-hydrogen) atoms. The zero-order valence-corrected chi connectivity index (χ0v) is 19.9. The predicted molar refractivity (Wildman–Crippen MR) is 133 cm³/mol. The SMILES string of the molecule is CC.N/C(=N\O)c1ccc(CN2CC(c3ccc(OC(F)F)c4oc5ccccc5c34)CC2=O)cc1. The van der Waals surface area contributed by atoms with Gasteiger partial charge in [0, 0.05) is 41.8 Å². The summed E-state index contributed by atoms with van der Waals surface area (Å²) in [5, 5.41) is 13.3. The molecule has 1 saturated heterocycles. The maximum absolute atomic E-state index is 13.0. The molecule has 4 aromatic rings. The third-order valence-electron chi connectivity index (χ3n) is 6.12. The lowest BCUT2D eigenvalue weighted by Gasteiger charge is -2.18. The van der Waals surface area contributed by atoms with Crippen LogP contribution >= 0.6 is 0 Å². The van der Waals surface area contributed by atoms with E-state index in [9.17, 15) is 13.6 Å². The van der Waals surface area contributed by atoms with Crippen molar-refractivity contribution in [1.82, 2.24) is 4.90 Å². The van der Waals surface area contributed by atoms with Gasteiger partial charge >= 0.3 is 6.61 Å². The molecule has 0 radical (unpaired) electrons. The average Bonchev–Trinajstić information content (AvgIpc) is 3.46. The number of nitrogens with two attached hydrogens (primary N) is 1. The van der Waals surface area contributed by atoms with Crippen LogP contribution in [0.15, 0.2) is 70.2 Å². The van der Waals surface area contributed by atoms with Gasteiger partial charge in [-0.1, -0.05) is 67.5 Å². The lowest BCUT2D eigenvalue weighted by Crippen LogP contribution is -2.24. The van der Waals surface area contributed by atoms with Crippen LogP contribution in [-0.2, 0) is 11.3 Å². The summed E-state index contributed by atoms with van der Waals surface area (Å²) in [6, 6.07) is 17.6. The molecule has 5 rings (SSSR count). The Hall–Kier alpha value is -4.14. The van der Waals surface area contributed by atoms with Crippen molar-refractivity contribution in [1.29, 1.82) is 0 Å². The number of para-hydroxylation sites is 1. The quantitative estimate of drug-likeness (QED) is 0.152. The van der Waals surface area contributed by atoms with Crippen molar-refractivity contribution in [3.8, 4) is 5.75 Å². The highest BCUT2D eigenvalue weighted by molar-refractivity contribution is 6.09. The number of fused-ring (bicyclic) bond motifs is 3. The fourth-order valence-corrected chi connectivity index (χ4v) is 4.55. The van der Waals surface area contributed by atoms with Crippen LogP contribution < -0.4 is 10.5 Å². The molecule has 1 aliphatic heterocycles. The number of rotatable bonds is 6. The monoisotopic (exact) mass is 495 g/mol. The van der Waals surface area contributed by atoms with Crippen molar-refractivity contribution in [2.45, 2.75) is 39.3 Å². The number of amides is 1. The van der Waals surface area contributed by atoms with Gasteiger partial charge in [-0.15, -0.1) is 0 Å². The maximum Gasteiger partial charge on any atom is 0.387 e. The highest BCUT2D eigenvalue weighted by Crippen LogP contribution is 2.42. The van der Waals surface area contributed by atoms with Crippen LogP contribution in [0.4, 0.5) is 8.78 Å². The normalized spacial score (nSPS) is 16.0. The highest BCUT2D eigenvalue weighted by Gasteiger charge is 2.33. The second-order valence-corrected chi connectivity index (χ2v) is 8.19. The molecule has 1 amide bonds. The number of amidine groups is 1. The summed E-state index contributed by atoms with van der Waals surface area (Å²) in [4.78, 5) is 14.6. The topological polar surface area (TPSA) is 101 Å². The van der Waals surface area contributed by atoms with Gasteiger partial charge in [0.25, 0.3) is 0 Å². The van der Waals surface area contributed by atoms with Gasteiger partial charge in [0.2, 0.25) is 5.91 Å². The number of halogens is 2. The van der Waals surface area contributed by atoms with Crippen molar-refractivity contribution >= 4 is 33.7 Å². The van der Waals surface area contributed by atoms with E-state index in [4.69, 9.17) is 20.1 Å². The van der Waals surface area contributed by atoms with Crippen LogP contribution in [0.5, 0.6) is 5.75 Å². The van der Waals surface area contributed by atoms with Gasteiger partial charge < -0.3 is 25.0 Å². The van der Waals surface area contributed by atoms with Gasteiger partial charge in [-0.3, -0.25) is 4.79 Å². The van der Waals surface area contributed by atoms with E-state index in [2.05, 4.69) is 5.16 Å². The molecule has 1 fully saturated rings. The number of benzene rings is 3. The Labute approximate surface area is 206 Å². The summed E-state index contributed by atoms with van der Waals surface area (Å²) in [5.41, 5.74) is 8.77. The van der Waals surface area contributed by atoms with Crippen molar-refractivity contribution in [3.05, 3.63) is 77.4 Å². The van der Waals surface area contributed by atoms with Gasteiger partial charge in [-0.05, 0) is 23.3 Å². The Bertz CT molecular complexity index is 1400. The van der Waals surface area contributed by atoms with E-state index in [1.165, 1.54) is 6.07 Å². The lowest BCUT2D eigenvalue weighted by atomic mass is 9.93. The number of oxime groups is 1. The molecule has 0 bridgehead atoms. The number of carbonyl (C=O) groups excluding carboxylic acids is 1. The highest BCUT2D eigenvalue weighted by atomic mass is 19.3. The fraction of sp³-hybridized carbons (Fsp3) is 0.259. The predicted octanol–water partition coefficient (Wildman–Crippen LogP) is 5.82. The van der Waals surface area contributed by atoms with Gasteiger partial charge in [0.05, 0.1) is 0 Å². The molecule has 7 nitrogen and oxygen atoms in total. The van der Waals surface area contributed by atoms with Crippen LogP contribution in [0.2, 0.25) is 0 Å². The molecule has 9 heteroatoms. The number of nitrogens with zero attached hydrogens (tertiary/aromatic N) is 2. The van der Waals surface area contributed by atoms with Crippen molar-refractivity contribution in [2.24, 2.45) is 10.9 Å². The average molecular weight is 496 g/mol. The van der Waals surface area contributed by atoms with Crippen molar-refractivity contribution in [3.63, 3.8) is 0 Å².